The lowest BCUT2D eigenvalue weighted by Gasteiger charge is -2.23. The van der Waals surface area contributed by atoms with Crippen molar-refractivity contribution in [3.8, 4) is 17.0 Å². The number of methoxy groups -OCH3 is 1. The number of fused-ring (bicyclic) bond motifs is 2. The average molecular weight is 323 g/mol. The van der Waals surface area contributed by atoms with Gasteiger partial charge in [0, 0.05) is 30.7 Å². The van der Waals surface area contributed by atoms with Crippen LogP contribution in [-0.2, 0) is 11.2 Å². The van der Waals surface area contributed by atoms with E-state index in [1.54, 1.807) is 7.11 Å². The fourth-order valence-corrected chi connectivity index (χ4v) is 3.63. The standard InChI is InChI=1S/C19H21N3O2/c1-12-19-13(7-8-20-12)9-16-15(19)10-17(22-21-16)14-5-3-4-6-18(14)24-11-23-2/h3-6,10,12,20H,7-9,11H2,1-2H3. The van der Waals surface area contributed by atoms with E-state index in [4.69, 9.17) is 9.47 Å². The van der Waals surface area contributed by atoms with Gasteiger partial charge >= 0.3 is 0 Å². The Labute approximate surface area is 141 Å². The topological polar surface area (TPSA) is 56.3 Å². The molecule has 124 valence electrons. The fraction of sp³-hybridized carbons (Fsp3) is 0.368. The minimum absolute atomic E-state index is 0.214. The number of hydrogen-bond acceptors (Lipinski definition) is 5. The number of aromatic nitrogens is 2. The van der Waals surface area contributed by atoms with Gasteiger partial charge in [-0.1, -0.05) is 17.7 Å². The minimum atomic E-state index is 0.214. The quantitative estimate of drug-likeness (QED) is 0.877. The monoisotopic (exact) mass is 323 g/mol. The van der Waals surface area contributed by atoms with E-state index in [0.29, 0.717) is 6.04 Å². The van der Waals surface area contributed by atoms with Crippen molar-refractivity contribution < 1.29 is 9.47 Å². The molecule has 0 spiro atoms. The Kier molecular flexibility index (Phi) is 4.04. The van der Waals surface area contributed by atoms with E-state index >= 15 is 0 Å². The van der Waals surface area contributed by atoms with Crippen LogP contribution >= 0.6 is 0 Å². The molecule has 2 heterocycles. The molecule has 0 fully saturated rings. The van der Waals surface area contributed by atoms with Crippen molar-refractivity contribution in [3.05, 3.63) is 47.2 Å². The smallest absolute Gasteiger partial charge is 0.188 e. The van der Waals surface area contributed by atoms with Gasteiger partial charge in [0.25, 0.3) is 0 Å². The first-order valence-electron chi connectivity index (χ1n) is 8.31. The summed E-state index contributed by atoms with van der Waals surface area (Å²) in [5, 5.41) is 12.5. The summed E-state index contributed by atoms with van der Waals surface area (Å²) in [6.45, 7) is 3.48. The summed E-state index contributed by atoms with van der Waals surface area (Å²) in [6, 6.07) is 10.4. The molecule has 1 aliphatic carbocycles. The maximum absolute atomic E-state index is 5.67. The molecule has 5 nitrogen and oxygen atoms in total. The third kappa shape index (κ3) is 2.60. The van der Waals surface area contributed by atoms with E-state index in [9.17, 15) is 0 Å². The van der Waals surface area contributed by atoms with Crippen molar-refractivity contribution in [1.29, 1.82) is 0 Å². The summed E-state index contributed by atoms with van der Waals surface area (Å²) in [6.07, 6.45) is 2.03. The Morgan fingerprint density at radius 2 is 2.08 bits per heavy atom. The highest BCUT2D eigenvalue weighted by molar-refractivity contribution is 5.81. The number of hydrogen-bond donors (Lipinski definition) is 1. The summed E-state index contributed by atoms with van der Waals surface area (Å²) in [5.41, 5.74) is 7.02. The summed E-state index contributed by atoms with van der Waals surface area (Å²) >= 11 is 0. The molecule has 0 saturated heterocycles. The number of rotatable bonds is 4. The summed E-state index contributed by atoms with van der Waals surface area (Å²) < 4.78 is 10.7. The van der Waals surface area contributed by atoms with Crippen LogP contribution in [0.15, 0.2) is 35.9 Å². The van der Waals surface area contributed by atoms with Crippen molar-refractivity contribution >= 4 is 5.57 Å². The van der Waals surface area contributed by atoms with Crippen LogP contribution in [0.1, 0.15) is 24.6 Å². The van der Waals surface area contributed by atoms with Crippen LogP contribution in [0.4, 0.5) is 0 Å². The second kappa shape index (κ2) is 6.34. The van der Waals surface area contributed by atoms with Gasteiger partial charge in [-0.3, -0.25) is 0 Å². The van der Waals surface area contributed by atoms with Gasteiger partial charge in [0.05, 0.1) is 11.4 Å². The molecule has 1 aromatic carbocycles. The van der Waals surface area contributed by atoms with E-state index in [1.807, 2.05) is 24.3 Å². The zero-order chi connectivity index (χ0) is 16.5. The Morgan fingerprint density at radius 3 is 2.96 bits per heavy atom. The number of benzene rings is 1. The molecular formula is C19H21N3O2. The molecule has 0 radical (unpaired) electrons. The van der Waals surface area contributed by atoms with Crippen molar-refractivity contribution in [2.75, 3.05) is 20.4 Å². The molecule has 0 amide bonds. The van der Waals surface area contributed by atoms with E-state index in [1.165, 1.54) is 16.7 Å². The van der Waals surface area contributed by atoms with Gasteiger partial charge < -0.3 is 14.8 Å². The summed E-state index contributed by atoms with van der Waals surface area (Å²) in [4.78, 5) is 0. The second-order valence-corrected chi connectivity index (χ2v) is 6.26. The fourth-order valence-electron chi connectivity index (χ4n) is 3.63. The van der Waals surface area contributed by atoms with E-state index in [2.05, 4.69) is 28.5 Å². The Hall–Kier alpha value is -2.24. The molecule has 5 heteroatoms. The molecule has 4 rings (SSSR count). The maximum atomic E-state index is 5.67. The molecule has 0 saturated carbocycles. The molecule has 2 aliphatic rings. The van der Waals surface area contributed by atoms with Crippen LogP contribution in [0.3, 0.4) is 0 Å². The molecule has 1 aromatic heterocycles. The normalized spacial score (nSPS) is 19.2. The Balaban J connectivity index is 1.75. The first-order chi connectivity index (χ1) is 11.8. The zero-order valence-corrected chi connectivity index (χ0v) is 14.0. The van der Waals surface area contributed by atoms with Crippen LogP contribution in [-0.4, -0.2) is 36.7 Å². The van der Waals surface area contributed by atoms with Crippen molar-refractivity contribution in [2.24, 2.45) is 0 Å². The van der Waals surface area contributed by atoms with Crippen LogP contribution in [0.2, 0.25) is 0 Å². The summed E-state index contributed by atoms with van der Waals surface area (Å²) in [7, 11) is 1.61. The van der Waals surface area contributed by atoms with Gasteiger partial charge in [-0.05, 0) is 43.7 Å². The number of nitrogens with one attached hydrogen (secondary N) is 1. The lowest BCUT2D eigenvalue weighted by molar-refractivity contribution is 0.0515. The van der Waals surface area contributed by atoms with Gasteiger partial charge in [0.1, 0.15) is 5.75 Å². The first kappa shape index (κ1) is 15.3. The highest BCUT2D eigenvalue weighted by Crippen LogP contribution is 2.39. The molecule has 2 aromatic rings. The lowest BCUT2D eigenvalue weighted by atomic mass is 9.94. The van der Waals surface area contributed by atoms with Gasteiger partial charge in [0.15, 0.2) is 6.79 Å². The molecule has 1 N–H and O–H groups in total. The highest BCUT2D eigenvalue weighted by atomic mass is 16.7. The van der Waals surface area contributed by atoms with Gasteiger partial charge in [0.2, 0.25) is 0 Å². The summed E-state index contributed by atoms with van der Waals surface area (Å²) in [5.74, 6) is 0.760. The van der Waals surface area contributed by atoms with Crippen molar-refractivity contribution in [1.82, 2.24) is 15.5 Å². The zero-order valence-electron chi connectivity index (χ0n) is 14.0. The third-order valence-corrected chi connectivity index (χ3v) is 4.73. The molecular weight excluding hydrogens is 302 g/mol. The van der Waals surface area contributed by atoms with Crippen LogP contribution < -0.4 is 10.1 Å². The molecule has 1 unspecified atom stereocenters. The Morgan fingerprint density at radius 1 is 1.21 bits per heavy atom. The van der Waals surface area contributed by atoms with Crippen molar-refractivity contribution in [3.63, 3.8) is 0 Å². The SMILES string of the molecule is COCOc1ccccc1-c1cc2c(nn1)CC1=C2C(C)NCC1. The Bertz CT molecular complexity index is 801. The number of nitrogens with zero attached hydrogens (tertiary/aromatic N) is 2. The second-order valence-electron chi connectivity index (χ2n) is 6.26. The largest absolute Gasteiger partial charge is 0.467 e. The van der Waals surface area contributed by atoms with Crippen molar-refractivity contribution in [2.45, 2.75) is 25.8 Å². The first-order valence-corrected chi connectivity index (χ1v) is 8.31. The minimum Gasteiger partial charge on any atom is -0.467 e. The van der Waals surface area contributed by atoms with Crippen LogP contribution in [0.25, 0.3) is 16.8 Å². The molecule has 1 atom stereocenters. The lowest BCUT2D eigenvalue weighted by Crippen LogP contribution is -2.32. The van der Waals surface area contributed by atoms with E-state index in [-0.39, 0.29) is 6.79 Å². The van der Waals surface area contributed by atoms with Gasteiger partial charge in [-0.2, -0.15) is 10.2 Å². The predicted octanol–water partition coefficient (Wildman–Crippen LogP) is 2.82. The highest BCUT2D eigenvalue weighted by Gasteiger charge is 2.29. The maximum Gasteiger partial charge on any atom is 0.188 e. The molecule has 24 heavy (non-hydrogen) atoms. The number of para-hydroxylation sites is 1. The predicted molar refractivity (Wildman–Crippen MR) is 92.7 cm³/mol. The van der Waals surface area contributed by atoms with Gasteiger partial charge in [-0.25, -0.2) is 0 Å². The van der Waals surface area contributed by atoms with E-state index < -0.39 is 0 Å². The van der Waals surface area contributed by atoms with Crippen LogP contribution in [0.5, 0.6) is 5.75 Å². The molecule has 1 aliphatic heterocycles. The average Bonchev–Trinajstić information content (AvgIpc) is 2.99. The number of ether oxygens (including phenoxy) is 2. The van der Waals surface area contributed by atoms with Crippen LogP contribution in [0, 0.1) is 0 Å². The third-order valence-electron chi connectivity index (χ3n) is 4.73. The molecule has 0 bridgehead atoms. The van der Waals surface area contributed by atoms with E-state index in [0.717, 1.165) is 42.1 Å². The van der Waals surface area contributed by atoms with Gasteiger partial charge in [-0.15, -0.1) is 0 Å².